The van der Waals surface area contributed by atoms with Crippen LogP contribution in [0.3, 0.4) is 0 Å². The van der Waals surface area contributed by atoms with E-state index in [9.17, 15) is 0 Å². The molecule has 0 radical (unpaired) electrons. The van der Waals surface area contributed by atoms with Crippen molar-refractivity contribution < 1.29 is 0 Å². The summed E-state index contributed by atoms with van der Waals surface area (Å²) in [6.45, 7) is 0. The van der Waals surface area contributed by atoms with Crippen LogP contribution in [0.4, 0.5) is 0 Å². The van der Waals surface area contributed by atoms with E-state index in [-0.39, 0.29) is 0 Å². The third-order valence-electron chi connectivity index (χ3n) is 16.1. The normalized spacial score (nSPS) is 12.2. The lowest BCUT2D eigenvalue weighted by Gasteiger charge is -2.16. The maximum absolute atomic E-state index is 2.42. The molecule has 0 heterocycles. The number of benzene rings is 16. The van der Waals surface area contributed by atoms with Crippen LogP contribution in [0, 0.1) is 0 Å². The topological polar surface area (TPSA) is 0 Å². The minimum absolute atomic E-state index is 1.25. The van der Waals surface area contributed by atoms with E-state index in [2.05, 4.69) is 255 Å². The van der Waals surface area contributed by atoms with Gasteiger partial charge in [-0.1, -0.05) is 206 Å². The number of hydrogen-bond acceptors (Lipinski definition) is 0. The zero-order valence-electron chi connectivity index (χ0n) is 39.2. The summed E-state index contributed by atoms with van der Waals surface area (Å²) < 4.78 is 0. The van der Waals surface area contributed by atoms with Crippen molar-refractivity contribution in [2.75, 3.05) is 0 Å². The van der Waals surface area contributed by atoms with Crippen LogP contribution in [0.15, 0.2) is 255 Å². The minimum atomic E-state index is 1.25. The fourth-order valence-corrected chi connectivity index (χ4v) is 12.7. The Morgan fingerprint density at radius 2 is 0.333 bits per heavy atom. The molecule has 0 amide bonds. The predicted octanol–water partition coefficient (Wildman–Crippen LogP) is 20.5. The fourth-order valence-electron chi connectivity index (χ4n) is 12.7. The summed E-state index contributed by atoms with van der Waals surface area (Å²) >= 11 is 0. The summed E-state index contributed by atoms with van der Waals surface area (Å²) in [7, 11) is 0. The van der Waals surface area contributed by atoms with E-state index in [1.807, 2.05) is 0 Å². The SMILES string of the molecule is c1ccc2cc3c(ccc4c(-c5cccc6cc7c(ccc8c(-c9cccc%10c9ccc9cc%11c(-c%12cccc%13c%12ccc%12cc%14ccccc%14cc%12%13)cccc%11cc9%10)cccc87)cc56)cccc43)cc2c1. The Hall–Kier alpha value is -9.36. The highest BCUT2D eigenvalue weighted by molar-refractivity contribution is 6.23. The van der Waals surface area contributed by atoms with Crippen LogP contribution < -0.4 is 0 Å². The average molecular weight is 907 g/mol. The molecule has 0 unspecified atom stereocenters. The Bertz CT molecular complexity index is 4710. The molecule has 0 nitrogen and oxygen atoms in total. The first-order valence-corrected chi connectivity index (χ1v) is 25.1. The standard InChI is InChI=1S/C72H42/c1-3-13-45-37-67-49(35-43(45)11-1)27-31-65-55(21-9-23-59(65)67)57-17-5-15-47-39-71-51(41-69(47)57)29-33-63-53(19-7-25-61(63)71)54-20-8-26-62-64(54)34-30-52-42-70-48(40-72(52)62)16-6-18-58(70)56-22-10-24-60-66(56)32-28-50-36-44-12-2-4-14-46(44)38-68(50)60/h1-42H. The van der Waals surface area contributed by atoms with Crippen LogP contribution in [0.2, 0.25) is 0 Å². The summed E-state index contributed by atoms with van der Waals surface area (Å²) in [5.41, 5.74) is 7.56. The minimum Gasteiger partial charge on any atom is -0.0616 e. The van der Waals surface area contributed by atoms with Gasteiger partial charge in [0.1, 0.15) is 0 Å². The van der Waals surface area contributed by atoms with Gasteiger partial charge in [-0.3, -0.25) is 0 Å². The van der Waals surface area contributed by atoms with E-state index in [0.717, 1.165) is 0 Å². The van der Waals surface area contributed by atoms with E-state index >= 15 is 0 Å². The summed E-state index contributed by atoms with van der Waals surface area (Å²) in [5.74, 6) is 0. The summed E-state index contributed by atoms with van der Waals surface area (Å²) in [4.78, 5) is 0. The second kappa shape index (κ2) is 15.1. The van der Waals surface area contributed by atoms with Crippen LogP contribution in [0.5, 0.6) is 0 Å². The predicted molar refractivity (Wildman–Crippen MR) is 313 cm³/mol. The zero-order chi connectivity index (χ0) is 47.0. The number of fused-ring (bicyclic) bond motifs is 16. The summed E-state index contributed by atoms with van der Waals surface area (Å²) in [6, 6.07) is 95.9. The van der Waals surface area contributed by atoms with Crippen LogP contribution >= 0.6 is 0 Å². The Balaban J connectivity index is 0.814. The lowest BCUT2D eigenvalue weighted by molar-refractivity contribution is 1.70. The van der Waals surface area contributed by atoms with E-state index in [0.29, 0.717) is 0 Å². The Kier molecular flexibility index (Phi) is 8.26. The molecule has 0 spiro atoms. The second-order valence-electron chi connectivity index (χ2n) is 19.9. The van der Waals surface area contributed by atoms with E-state index in [1.165, 1.54) is 163 Å². The lowest BCUT2D eigenvalue weighted by Crippen LogP contribution is -1.89. The molecule has 0 aliphatic rings. The van der Waals surface area contributed by atoms with Crippen molar-refractivity contribution in [2.45, 2.75) is 0 Å². The zero-order valence-corrected chi connectivity index (χ0v) is 39.2. The molecule has 0 saturated heterocycles. The second-order valence-corrected chi connectivity index (χ2v) is 19.9. The van der Waals surface area contributed by atoms with Gasteiger partial charge in [-0.15, -0.1) is 0 Å². The van der Waals surface area contributed by atoms with Crippen molar-refractivity contribution in [2.24, 2.45) is 0 Å². The van der Waals surface area contributed by atoms with Crippen molar-refractivity contribution in [1.82, 2.24) is 0 Å². The van der Waals surface area contributed by atoms with Crippen molar-refractivity contribution in [3.05, 3.63) is 255 Å². The average Bonchev–Trinajstić information content (AvgIpc) is 3.44. The first-order chi connectivity index (χ1) is 35.7. The molecule has 16 rings (SSSR count). The van der Waals surface area contributed by atoms with Crippen LogP contribution in [0.1, 0.15) is 0 Å². The largest absolute Gasteiger partial charge is 0.0616 e. The van der Waals surface area contributed by atoms with Crippen molar-refractivity contribution in [3.63, 3.8) is 0 Å². The van der Waals surface area contributed by atoms with E-state index in [4.69, 9.17) is 0 Å². The van der Waals surface area contributed by atoms with E-state index in [1.54, 1.807) is 0 Å². The Morgan fingerprint density at radius 1 is 0.111 bits per heavy atom. The smallest absolute Gasteiger partial charge is 0.00987 e. The van der Waals surface area contributed by atoms with Crippen LogP contribution in [-0.2, 0) is 0 Å². The van der Waals surface area contributed by atoms with Gasteiger partial charge in [-0.25, -0.2) is 0 Å². The third kappa shape index (κ3) is 5.81. The third-order valence-corrected chi connectivity index (χ3v) is 16.1. The maximum Gasteiger partial charge on any atom is -0.00987 e. The van der Waals surface area contributed by atoms with Gasteiger partial charge in [0.05, 0.1) is 0 Å². The van der Waals surface area contributed by atoms with Gasteiger partial charge < -0.3 is 0 Å². The quantitative estimate of drug-likeness (QED) is 0.122. The maximum atomic E-state index is 2.42. The van der Waals surface area contributed by atoms with Gasteiger partial charge >= 0.3 is 0 Å². The molecule has 0 fully saturated rings. The van der Waals surface area contributed by atoms with Crippen LogP contribution in [-0.4, -0.2) is 0 Å². The molecular weight excluding hydrogens is 865 g/mol. The van der Waals surface area contributed by atoms with Crippen molar-refractivity contribution in [3.8, 4) is 33.4 Å². The number of rotatable bonds is 3. The summed E-state index contributed by atoms with van der Waals surface area (Å²) in [6.07, 6.45) is 0. The molecule has 0 aliphatic heterocycles. The van der Waals surface area contributed by atoms with Gasteiger partial charge in [-0.2, -0.15) is 0 Å². The number of hydrogen-bond donors (Lipinski definition) is 0. The highest BCUT2D eigenvalue weighted by Gasteiger charge is 2.17. The first-order valence-electron chi connectivity index (χ1n) is 25.1. The molecule has 0 bridgehead atoms. The highest BCUT2D eigenvalue weighted by atomic mass is 14.2. The first kappa shape index (κ1) is 39.5. The molecule has 72 heavy (non-hydrogen) atoms. The monoisotopic (exact) mass is 906 g/mol. The molecule has 0 saturated carbocycles. The summed E-state index contributed by atoms with van der Waals surface area (Å²) in [5, 5.41) is 30.5. The molecule has 0 aliphatic carbocycles. The molecule has 0 heteroatoms. The van der Waals surface area contributed by atoms with Gasteiger partial charge in [0.15, 0.2) is 0 Å². The van der Waals surface area contributed by atoms with Crippen LogP contribution in [0.25, 0.3) is 163 Å². The fraction of sp³-hybridized carbons (Fsp3) is 0. The van der Waals surface area contributed by atoms with Crippen molar-refractivity contribution in [1.29, 1.82) is 0 Å². The molecule has 16 aromatic rings. The molecule has 0 atom stereocenters. The molecule has 16 aromatic carbocycles. The van der Waals surface area contributed by atoms with Crippen molar-refractivity contribution >= 4 is 129 Å². The molecular formula is C72H42. The Labute approximate surface area is 415 Å². The van der Waals surface area contributed by atoms with Gasteiger partial charge in [0, 0.05) is 0 Å². The molecule has 0 aromatic heterocycles. The lowest BCUT2D eigenvalue weighted by atomic mass is 9.87. The Morgan fingerprint density at radius 3 is 0.667 bits per heavy atom. The van der Waals surface area contributed by atoms with Gasteiger partial charge in [0.2, 0.25) is 0 Å². The van der Waals surface area contributed by atoms with E-state index < -0.39 is 0 Å². The molecule has 330 valence electrons. The highest BCUT2D eigenvalue weighted by Crippen LogP contribution is 2.44. The molecule has 0 N–H and O–H groups in total. The van der Waals surface area contributed by atoms with Gasteiger partial charge in [0.25, 0.3) is 0 Å². The van der Waals surface area contributed by atoms with Gasteiger partial charge in [-0.05, 0) is 211 Å².